The maximum Gasteiger partial charge on any atom is 0.117 e. The minimum Gasteiger partial charge on any atom is -0.508 e. The summed E-state index contributed by atoms with van der Waals surface area (Å²) in [6.07, 6.45) is 0. The molecule has 13 heavy (non-hydrogen) atoms. The third kappa shape index (κ3) is 1.30. The molecule has 3 heteroatoms. The highest BCUT2D eigenvalue weighted by molar-refractivity contribution is 5.74. The van der Waals surface area contributed by atoms with Crippen LogP contribution in [0.25, 0.3) is 0 Å². The molecular formula is C10H14N2O. The monoisotopic (exact) mass is 178 g/mol. The van der Waals surface area contributed by atoms with Crippen molar-refractivity contribution in [2.75, 3.05) is 37.0 Å². The molecule has 70 valence electrons. The largest absolute Gasteiger partial charge is 0.508 e. The van der Waals surface area contributed by atoms with E-state index in [2.05, 4.69) is 16.8 Å². The fourth-order valence-corrected chi connectivity index (χ4v) is 1.68. The third-order valence-electron chi connectivity index (χ3n) is 2.55. The summed E-state index contributed by atoms with van der Waals surface area (Å²) in [5.41, 5.74) is 2.29. The Labute approximate surface area is 78.2 Å². The summed E-state index contributed by atoms with van der Waals surface area (Å²) >= 11 is 0. The first-order valence-corrected chi connectivity index (χ1v) is 4.44. The minimum atomic E-state index is 0.334. The quantitative estimate of drug-likeness (QED) is 0.648. The number of phenols is 1. The molecule has 1 aromatic carbocycles. The van der Waals surface area contributed by atoms with E-state index in [1.54, 1.807) is 6.07 Å². The smallest absolute Gasteiger partial charge is 0.117 e. The number of aromatic hydroxyl groups is 1. The number of benzene rings is 1. The van der Waals surface area contributed by atoms with Gasteiger partial charge >= 0.3 is 0 Å². The molecule has 0 aromatic heterocycles. The van der Waals surface area contributed by atoms with Crippen molar-refractivity contribution in [2.24, 2.45) is 0 Å². The summed E-state index contributed by atoms with van der Waals surface area (Å²) < 4.78 is 0. The van der Waals surface area contributed by atoms with Gasteiger partial charge < -0.3 is 14.9 Å². The van der Waals surface area contributed by atoms with Gasteiger partial charge in [0, 0.05) is 33.3 Å². The Morgan fingerprint density at radius 3 is 2.38 bits per heavy atom. The summed E-state index contributed by atoms with van der Waals surface area (Å²) in [6.45, 7) is 2.04. The zero-order chi connectivity index (χ0) is 9.42. The zero-order valence-corrected chi connectivity index (χ0v) is 7.99. The van der Waals surface area contributed by atoms with Crippen LogP contribution in [0.4, 0.5) is 11.4 Å². The first kappa shape index (κ1) is 8.23. The molecule has 1 aromatic rings. The average molecular weight is 178 g/mol. The van der Waals surface area contributed by atoms with Crippen LogP contribution in [0.15, 0.2) is 18.2 Å². The van der Waals surface area contributed by atoms with Crippen molar-refractivity contribution in [3.63, 3.8) is 0 Å². The SMILES string of the molecule is CN1CCN(C)c2cc(O)ccc21. The molecule has 0 unspecified atom stereocenters. The Kier molecular flexibility index (Phi) is 1.79. The van der Waals surface area contributed by atoms with Gasteiger partial charge in [-0.25, -0.2) is 0 Å². The van der Waals surface area contributed by atoms with Gasteiger partial charge in [0.15, 0.2) is 0 Å². The molecule has 0 saturated carbocycles. The molecule has 0 amide bonds. The van der Waals surface area contributed by atoms with E-state index in [1.165, 1.54) is 5.69 Å². The first-order valence-electron chi connectivity index (χ1n) is 4.44. The molecular weight excluding hydrogens is 164 g/mol. The van der Waals surface area contributed by atoms with Gasteiger partial charge in [0.2, 0.25) is 0 Å². The van der Waals surface area contributed by atoms with Gasteiger partial charge in [0.1, 0.15) is 5.75 Å². The van der Waals surface area contributed by atoms with Crippen LogP contribution in [-0.4, -0.2) is 32.3 Å². The molecule has 0 radical (unpaired) electrons. The molecule has 0 aliphatic carbocycles. The Morgan fingerprint density at radius 1 is 1.08 bits per heavy atom. The van der Waals surface area contributed by atoms with Gasteiger partial charge in [-0.3, -0.25) is 0 Å². The second-order valence-electron chi connectivity index (χ2n) is 3.52. The second kappa shape index (κ2) is 2.83. The van der Waals surface area contributed by atoms with E-state index in [-0.39, 0.29) is 0 Å². The molecule has 0 bridgehead atoms. The van der Waals surface area contributed by atoms with Crippen molar-refractivity contribution >= 4 is 11.4 Å². The fraction of sp³-hybridized carbons (Fsp3) is 0.400. The molecule has 1 aliphatic heterocycles. The Hall–Kier alpha value is -1.38. The molecule has 2 rings (SSSR count). The fourth-order valence-electron chi connectivity index (χ4n) is 1.68. The molecule has 0 atom stereocenters. The van der Waals surface area contributed by atoms with E-state index in [0.717, 1.165) is 18.8 Å². The number of nitrogens with zero attached hydrogens (tertiary/aromatic N) is 2. The van der Waals surface area contributed by atoms with Crippen LogP contribution in [0.5, 0.6) is 5.75 Å². The number of rotatable bonds is 0. The zero-order valence-electron chi connectivity index (χ0n) is 7.99. The normalized spacial score (nSPS) is 15.8. The van der Waals surface area contributed by atoms with E-state index in [4.69, 9.17) is 0 Å². The van der Waals surface area contributed by atoms with Crippen LogP contribution in [-0.2, 0) is 0 Å². The summed E-state index contributed by atoms with van der Waals surface area (Å²) in [6, 6.07) is 5.50. The van der Waals surface area contributed by atoms with Gasteiger partial charge in [-0.2, -0.15) is 0 Å². The van der Waals surface area contributed by atoms with E-state index in [9.17, 15) is 5.11 Å². The Balaban J connectivity index is 2.50. The number of hydrogen-bond donors (Lipinski definition) is 1. The summed E-state index contributed by atoms with van der Waals surface area (Å²) in [7, 11) is 4.12. The van der Waals surface area contributed by atoms with Gasteiger partial charge in [0.25, 0.3) is 0 Å². The third-order valence-corrected chi connectivity index (χ3v) is 2.55. The van der Waals surface area contributed by atoms with Crippen LogP contribution < -0.4 is 9.80 Å². The standard InChI is InChI=1S/C10H14N2O/c1-11-5-6-12(2)10-7-8(13)3-4-9(10)11/h3-4,7,13H,5-6H2,1-2H3. The summed E-state index contributed by atoms with van der Waals surface area (Å²) in [4.78, 5) is 4.36. The summed E-state index contributed by atoms with van der Waals surface area (Å²) in [5, 5.41) is 9.35. The Bertz CT molecular complexity index is 325. The molecule has 0 spiro atoms. The highest BCUT2D eigenvalue weighted by atomic mass is 16.3. The molecule has 1 heterocycles. The lowest BCUT2D eigenvalue weighted by atomic mass is 10.2. The van der Waals surface area contributed by atoms with E-state index >= 15 is 0 Å². The molecule has 1 aliphatic rings. The number of hydrogen-bond acceptors (Lipinski definition) is 3. The maximum atomic E-state index is 9.35. The number of phenolic OH excluding ortho intramolecular Hbond substituents is 1. The lowest BCUT2D eigenvalue weighted by Crippen LogP contribution is -2.36. The highest BCUT2D eigenvalue weighted by Gasteiger charge is 2.17. The predicted octanol–water partition coefficient (Wildman–Crippen LogP) is 1.28. The second-order valence-corrected chi connectivity index (χ2v) is 3.52. The van der Waals surface area contributed by atoms with Crippen LogP contribution in [0.3, 0.4) is 0 Å². The van der Waals surface area contributed by atoms with E-state index in [0.29, 0.717) is 5.75 Å². The molecule has 1 N–H and O–H groups in total. The predicted molar refractivity (Wildman–Crippen MR) is 54.6 cm³/mol. The van der Waals surface area contributed by atoms with Crippen LogP contribution in [0.1, 0.15) is 0 Å². The lowest BCUT2D eigenvalue weighted by Gasteiger charge is -2.34. The topological polar surface area (TPSA) is 26.7 Å². The van der Waals surface area contributed by atoms with Gasteiger partial charge in [-0.15, -0.1) is 0 Å². The van der Waals surface area contributed by atoms with Crippen molar-refractivity contribution in [1.29, 1.82) is 0 Å². The molecule has 0 saturated heterocycles. The number of anilines is 2. The Morgan fingerprint density at radius 2 is 1.69 bits per heavy atom. The number of likely N-dealkylation sites (N-methyl/N-ethyl adjacent to an activating group) is 2. The van der Waals surface area contributed by atoms with Gasteiger partial charge in [-0.1, -0.05) is 0 Å². The van der Waals surface area contributed by atoms with Crippen LogP contribution in [0, 0.1) is 0 Å². The van der Waals surface area contributed by atoms with E-state index < -0.39 is 0 Å². The summed E-state index contributed by atoms with van der Waals surface area (Å²) in [5.74, 6) is 0.334. The molecule has 0 fully saturated rings. The lowest BCUT2D eigenvalue weighted by molar-refractivity contribution is 0.475. The van der Waals surface area contributed by atoms with Crippen LogP contribution >= 0.6 is 0 Å². The van der Waals surface area contributed by atoms with Crippen molar-refractivity contribution in [3.05, 3.63) is 18.2 Å². The van der Waals surface area contributed by atoms with Gasteiger partial charge in [0.05, 0.1) is 11.4 Å². The average Bonchev–Trinajstić information content (AvgIpc) is 2.12. The van der Waals surface area contributed by atoms with Crippen molar-refractivity contribution in [2.45, 2.75) is 0 Å². The van der Waals surface area contributed by atoms with Crippen molar-refractivity contribution in [1.82, 2.24) is 0 Å². The van der Waals surface area contributed by atoms with E-state index in [1.807, 2.05) is 19.2 Å². The number of fused-ring (bicyclic) bond motifs is 1. The van der Waals surface area contributed by atoms with Gasteiger partial charge in [-0.05, 0) is 12.1 Å². The first-order chi connectivity index (χ1) is 6.18. The maximum absolute atomic E-state index is 9.35. The van der Waals surface area contributed by atoms with Crippen LogP contribution in [0.2, 0.25) is 0 Å². The highest BCUT2D eigenvalue weighted by Crippen LogP contribution is 2.33. The van der Waals surface area contributed by atoms with Crippen molar-refractivity contribution < 1.29 is 5.11 Å². The molecule has 3 nitrogen and oxygen atoms in total. The minimum absolute atomic E-state index is 0.334. The van der Waals surface area contributed by atoms with Crippen molar-refractivity contribution in [3.8, 4) is 5.75 Å².